The lowest BCUT2D eigenvalue weighted by molar-refractivity contribution is -0.122. The number of halogens is 1. The van der Waals surface area contributed by atoms with Gasteiger partial charge in [-0.15, -0.1) is 0 Å². The van der Waals surface area contributed by atoms with Crippen molar-refractivity contribution in [1.29, 1.82) is 0 Å². The van der Waals surface area contributed by atoms with Crippen LogP contribution in [0.15, 0.2) is 18.2 Å². The van der Waals surface area contributed by atoms with Crippen LogP contribution >= 0.6 is 0 Å². The number of rotatable bonds is 6. The minimum Gasteiger partial charge on any atom is -0.381 e. The highest BCUT2D eigenvalue weighted by molar-refractivity contribution is 5.77. The van der Waals surface area contributed by atoms with Gasteiger partial charge in [-0.05, 0) is 45.1 Å². The number of aryl methyl sites for hydroxylation is 1. The molecule has 0 atom stereocenters. The predicted molar refractivity (Wildman–Crippen MR) is 93.9 cm³/mol. The molecule has 2 N–H and O–H groups in total. The maximum atomic E-state index is 13.2. The number of carbonyl (C=O) groups is 1. The lowest BCUT2D eigenvalue weighted by Crippen LogP contribution is -2.55. The Balaban J connectivity index is 1.53. The van der Waals surface area contributed by atoms with Gasteiger partial charge in [0.05, 0.1) is 11.0 Å². The Hall–Kier alpha value is -1.99. The van der Waals surface area contributed by atoms with E-state index >= 15 is 0 Å². The van der Waals surface area contributed by atoms with Gasteiger partial charge in [-0.25, -0.2) is 9.37 Å². The van der Waals surface area contributed by atoms with Crippen LogP contribution in [0.2, 0.25) is 0 Å². The summed E-state index contributed by atoms with van der Waals surface area (Å²) in [6.07, 6.45) is 2.67. The minimum absolute atomic E-state index is 0.000599. The molecule has 0 unspecified atom stereocenters. The molecule has 0 saturated carbocycles. The number of H-pyrrole nitrogens is 1. The third kappa shape index (κ3) is 4.16. The summed E-state index contributed by atoms with van der Waals surface area (Å²) in [5.74, 6) is 0.398. The van der Waals surface area contributed by atoms with Crippen molar-refractivity contribution in [2.75, 3.05) is 33.9 Å². The molecule has 3 rings (SSSR count). The number of ether oxygens (including phenoxy) is 1. The molecule has 0 radical (unpaired) electrons. The van der Waals surface area contributed by atoms with Crippen LogP contribution in [0.25, 0.3) is 11.0 Å². The molecule has 1 aliphatic rings. The van der Waals surface area contributed by atoms with E-state index in [-0.39, 0.29) is 17.3 Å². The number of hydrogen-bond acceptors (Lipinski definition) is 4. The summed E-state index contributed by atoms with van der Waals surface area (Å²) in [6, 6.07) is 4.43. The van der Waals surface area contributed by atoms with Crippen molar-refractivity contribution in [1.82, 2.24) is 20.2 Å². The van der Waals surface area contributed by atoms with Crippen molar-refractivity contribution in [3.8, 4) is 0 Å². The number of hydrogen-bond donors (Lipinski definition) is 2. The number of fused-ring (bicyclic) bond motifs is 1. The highest BCUT2D eigenvalue weighted by Crippen LogP contribution is 2.25. The van der Waals surface area contributed by atoms with Crippen molar-refractivity contribution in [2.45, 2.75) is 31.2 Å². The maximum Gasteiger partial charge on any atom is 0.220 e. The zero-order valence-corrected chi connectivity index (χ0v) is 14.8. The zero-order chi connectivity index (χ0) is 17.9. The monoisotopic (exact) mass is 348 g/mol. The van der Waals surface area contributed by atoms with E-state index in [1.54, 1.807) is 6.07 Å². The van der Waals surface area contributed by atoms with Gasteiger partial charge in [0.15, 0.2) is 0 Å². The number of aromatic nitrogens is 2. The van der Waals surface area contributed by atoms with Crippen LogP contribution < -0.4 is 5.32 Å². The van der Waals surface area contributed by atoms with Crippen molar-refractivity contribution in [3.63, 3.8) is 0 Å². The van der Waals surface area contributed by atoms with Crippen LogP contribution in [0.3, 0.4) is 0 Å². The Morgan fingerprint density at radius 1 is 1.40 bits per heavy atom. The molecular weight excluding hydrogens is 323 g/mol. The summed E-state index contributed by atoms with van der Waals surface area (Å²) in [5, 5.41) is 3.05. The molecule has 1 aromatic carbocycles. The van der Waals surface area contributed by atoms with E-state index in [0.29, 0.717) is 36.2 Å². The SMILES string of the molecule is CN(C)C1(CNC(=O)CCc2nc3ccc(F)cc3[nH]2)CCOCC1. The number of nitrogens with zero attached hydrogens (tertiary/aromatic N) is 2. The molecule has 7 heteroatoms. The van der Waals surface area contributed by atoms with Gasteiger partial charge < -0.3 is 19.9 Å². The number of nitrogens with one attached hydrogen (secondary N) is 2. The normalized spacial score (nSPS) is 17.1. The number of carbonyl (C=O) groups excluding carboxylic acids is 1. The maximum absolute atomic E-state index is 13.2. The lowest BCUT2D eigenvalue weighted by Gasteiger charge is -2.42. The van der Waals surface area contributed by atoms with Crippen LogP contribution in [0.5, 0.6) is 0 Å². The first-order valence-corrected chi connectivity index (χ1v) is 8.65. The first-order valence-electron chi connectivity index (χ1n) is 8.65. The van der Waals surface area contributed by atoms with Crippen molar-refractivity contribution in [3.05, 3.63) is 29.8 Å². The van der Waals surface area contributed by atoms with Gasteiger partial charge >= 0.3 is 0 Å². The topological polar surface area (TPSA) is 70.2 Å². The number of imidazole rings is 1. The molecule has 25 heavy (non-hydrogen) atoms. The second-order valence-electron chi connectivity index (χ2n) is 6.85. The number of amides is 1. The van der Waals surface area contributed by atoms with E-state index in [9.17, 15) is 9.18 Å². The van der Waals surface area contributed by atoms with Crippen LogP contribution in [-0.4, -0.2) is 60.2 Å². The fourth-order valence-electron chi connectivity index (χ4n) is 3.27. The molecular formula is C18H25FN4O2. The molecule has 136 valence electrons. The Morgan fingerprint density at radius 3 is 2.88 bits per heavy atom. The molecule has 1 fully saturated rings. The van der Waals surface area contributed by atoms with Crippen LogP contribution in [-0.2, 0) is 16.0 Å². The second kappa shape index (κ2) is 7.49. The summed E-state index contributed by atoms with van der Waals surface area (Å²) in [4.78, 5) is 21.9. The van der Waals surface area contributed by atoms with E-state index in [1.807, 2.05) is 14.1 Å². The Bertz CT molecular complexity index is 738. The summed E-state index contributed by atoms with van der Waals surface area (Å²) < 4.78 is 18.7. The average Bonchev–Trinajstić information content (AvgIpc) is 3.01. The fraction of sp³-hybridized carbons (Fsp3) is 0.556. The molecule has 1 aliphatic heterocycles. The third-order valence-electron chi connectivity index (χ3n) is 5.07. The largest absolute Gasteiger partial charge is 0.381 e. The lowest BCUT2D eigenvalue weighted by atomic mass is 9.88. The van der Waals surface area contributed by atoms with Crippen LogP contribution in [0, 0.1) is 5.82 Å². The minimum atomic E-state index is -0.300. The van der Waals surface area contributed by atoms with Gasteiger partial charge in [0.2, 0.25) is 5.91 Å². The molecule has 1 aromatic heterocycles. The number of aromatic amines is 1. The molecule has 0 spiro atoms. The quantitative estimate of drug-likeness (QED) is 0.836. The van der Waals surface area contributed by atoms with E-state index in [2.05, 4.69) is 20.2 Å². The van der Waals surface area contributed by atoms with Crippen molar-refractivity contribution < 1.29 is 13.9 Å². The average molecular weight is 348 g/mol. The third-order valence-corrected chi connectivity index (χ3v) is 5.07. The Labute approximate surface area is 146 Å². The highest BCUT2D eigenvalue weighted by atomic mass is 19.1. The molecule has 0 aliphatic carbocycles. The Kier molecular flexibility index (Phi) is 5.34. The van der Waals surface area contributed by atoms with E-state index < -0.39 is 0 Å². The molecule has 1 saturated heterocycles. The van der Waals surface area contributed by atoms with Gasteiger partial charge in [0.1, 0.15) is 11.6 Å². The standard InChI is InChI=1S/C18H25FN4O2/c1-23(2)18(7-9-25-10-8-18)12-20-17(24)6-5-16-21-14-4-3-13(19)11-15(14)22-16/h3-4,11H,5-10,12H2,1-2H3,(H,20,24)(H,21,22). The number of likely N-dealkylation sites (N-methyl/N-ethyl adjacent to an activating group) is 1. The highest BCUT2D eigenvalue weighted by Gasteiger charge is 2.34. The van der Waals surface area contributed by atoms with E-state index in [0.717, 1.165) is 26.1 Å². The van der Waals surface area contributed by atoms with E-state index in [4.69, 9.17) is 4.74 Å². The summed E-state index contributed by atoms with van der Waals surface area (Å²) >= 11 is 0. The Morgan fingerprint density at radius 2 is 2.16 bits per heavy atom. The molecule has 1 amide bonds. The van der Waals surface area contributed by atoms with Crippen molar-refractivity contribution >= 4 is 16.9 Å². The molecule has 2 heterocycles. The molecule has 0 bridgehead atoms. The van der Waals surface area contributed by atoms with Crippen LogP contribution in [0.1, 0.15) is 25.1 Å². The van der Waals surface area contributed by atoms with Gasteiger partial charge in [-0.3, -0.25) is 4.79 Å². The zero-order valence-electron chi connectivity index (χ0n) is 14.8. The van der Waals surface area contributed by atoms with Gasteiger partial charge in [-0.1, -0.05) is 0 Å². The van der Waals surface area contributed by atoms with E-state index in [1.165, 1.54) is 12.1 Å². The second-order valence-corrected chi connectivity index (χ2v) is 6.85. The van der Waals surface area contributed by atoms with Gasteiger partial charge in [0.25, 0.3) is 0 Å². The van der Waals surface area contributed by atoms with Gasteiger partial charge in [-0.2, -0.15) is 0 Å². The molecule has 6 nitrogen and oxygen atoms in total. The van der Waals surface area contributed by atoms with Crippen LogP contribution in [0.4, 0.5) is 4.39 Å². The van der Waals surface area contributed by atoms with Gasteiger partial charge in [0, 0.05) is 38.1 Å². The van der Waals surface area contributed by atoms with Crippen molar-refractivity contribution in [2.24, 2.45) is 0 Å². The summed E-state index contributed by atoms with van der Waals surface area (Å²) in [6.45, 7) is 2.07. The fourth-order valence-corrected chi connectivity index (χ4v) is 3.27. The number of benzene rings is 1. The first kappa shape index (κ1) is 17.8. The predicted octanol–water partition coefficient (Wildman–Crippen LogP) is 1.86. The summed E-state index contributed by atoms with van der Waals surface area (Å²) in [5.41, 5.74) is 1.33. The smallest absolute Gasteiger partial charge is 0.220 e. The summed E-state index contributed by atoms with van der Waals surface area (Å²) in [7, 11) is 4.09. The first-order chi connectivity index (χ1) is 12.0. The molecule has 2 aromatic rings.